The molecule has 0 radical (unpaired) electrons. The minimum atomic E-state index is -1.19. The highest BCUT2D eigenvalue weighted by Crippen LogP contribution is 2.25. The second kappa shape index (κ2) is 21.5. The lowest BCUT2D eigenvalue weighted by Gasteiger charge is -2.15. The minimum Gasteiger partial charge on any atom is -1.00 e. The van der Waals surface area contributed by atoms with Gasteiger partial charge < -0.3 is 37.7 Å². The standard InChI is InChI=1S/C11H12ClN3O6.C6H10NO4.C5H2Cl2N2O2.ClH/c1-20-9(16)5-6(11(17)21-2)13-10-7(15(18)19)3-4-8(12)14-10;1-10-5(8)3-4(7)6(9)11-2;6-4-2-1-3(9(10)11)5(7)8-4;/h3-4,6H,5H2,1-2H3,(H,13,14);4H,1,3,7H2,2H3;1-2H;1H/q;+1;;/t6-;4-;;/m00../s1. The van der Waals surface area contributed by atoms with Crippen LogP contribution in [0.5, 0.6) is 0 Å². The molecular formula is C22H25Cl4N6O12+. The lowest BCUT2D eigenvalue weighted by atomic mass is 10.2. The fourth-order valence-corrected chi connectivity index (χ4v) is 3.04. The molecule has 0 aromatic carbocycles. The molecule has 0 aliphatic carbocycles. The molecule has 0 spiro atoms. The van der Waals surface area contributed by atoms with Crippen molar-refractivity contribution in [3.8, 4) is 0 Å². The average molecular weight is 707 g/mol. The van der Waals surface area contributed by atoms with Crippen molar-refractivity contribution in [3.05, 3.63) is 60.0 Å². The molecule has 2 aromatic rings. The highest BCUT2D eigenvalue weighted by atomic mass is 35.5. The molecule has 0 saturated carbocycles. The fourth-order valence-electron chi connectivity index (χ4n) is 2.48. The van der Waals surface area contributed by atoms with Crippen LogP contribution >= 0.6 is 34.8 Å². The van der Waals surface area contributed by atoms with Gasteiger partial charge >= 0.3 is 35.3 Å². The Labute approximate surface area is 269 Å². The van der Waals surface area contributed by atoms with Crippen molar-refractivity contribution in [1.82, 2.24) is 9.97 Å². The van der Waals surface area contributed by atoms with Crippen LogP contribution in [0.3, 0.4) is 0 Å². The number of carbonyl (C=O) groups is 4. The molecule has 18 nitrogen and oxygen atoms in total. The van der Waals surface area contributed by atoms with Crippen molar-refractivity contribution in [2.45, 2.75) is 24.9 Å². The molecule has 0 aliphatic heterocycles. The van der Waals surface area contributed by atoms with Gasteiger partial charge in [-0.05, 0) is 12.1 Å². The molecule has 0 saturated heterocycles. The largest absolute Gasteiger partial charge is 1.00 e. The second-order valence-corrected chi connectivity index (χ2v) is 8.53. The van der Waals surface area contributed by atoms with E-state index in [0.717, 1.165) is 20.3 Å². The summed E-state index contributed by atoms with van der Waals surface area (Å²) in [6, 6.07) is 2.98. The monoisotopic (exact) mass is 705 g/mol. The first-order valence-electron chi connectivity index (χ1n) is 11.2. The molecule has 0 amide bonds. The third-order valence-electron chi connectivity index (χ3n) is 4.53. The van der Waals surface area contributed by atoms with Gasteiger partial charge in [-0.25, -0.2) is 19.6 Å². The number of anilines is 1. The number of carbonyl (C=O) groups excluding carboxylic acids is 5. The normalized spacial score (nSPS) is 10.8. The highest BCUT2D eigenvalue weighted by Gasteiger charge is 2.28. The molecule has 4 N–H and O–H groups in total. The molecule has 44 heavy (non-hydrogen) atoms. The van der Waals surface area contributed by atoms with Gasteiger partial charge in [0.1, 0.15) is 16.3 Å². The van der Waals surface area contributed by atoms with E-state index in [1.54, 1.807) is 0 Å². The Morgan fingerprint density at radius 1 is 0.909 bits per heavy atom. The Bertz CT molecular complexity index is 1350. The van der Waals surface area contributed by atoms with Crippen molar-refractivity contribution < 1.29 is 65.8 Å². The van der Waals surface area contributed by atoms with Crippen LogP contribution in [0, 0.1) is 20.2 Å². The Hall–Kier alpha value is -4.23. The Balaban J connectivity index is 0. The molecular weight excluding hydrogens is 682 g/mol. The van der Waals surface area contributed by atoms with Crippen LogP contribution in [0.2, 0.25) is 15.5 Å². The van der Waals surface area contributed by atoms with Crippen LogP contribution in [-0.2, 0) is 37.8 Å². The van der Waals surface area contributed by atoms with E-state index in [9.17, 15) is 39.4 Å². The number of hydrogen-bond donors (Lipinski definition) is 2. The van der Waals surface area contributed by atoms with E-state index < -0.39 is 51.5 Å². The lowest BCUT2D eigenvalue weighted by Crippen LogP contribution is -3.00. The van der Waals surface area contributed by atoms with Crippen LogP contribution in [0.1, 0.15) is 12.8 Å². The summed E-state index contributed by atoms with van der Waals surface area (Å²) in [7, 11) is 3.50. The molecule has 0 bridgehead atoms. The van der Waals surface area contributed by atoms with Gasteiger partial charge in [0.05, 0.1) is 37.6 Å². The average Bonchev–Trinajstić information content (AvgIpc) is 2.95. The molecule has 2 rings (SSSR count). The quantitative estimate of drug-likeness (QED) is 0.0713. The summed E-state index contributed by atoms with van der Waals surface area (Å²) < 4.78 is 17.4. The van der Waals surface area contributed by atoms with Crippen molar-refractivity contribution in [3.63, 3.8) is 0 Å². The summed E-state index contributed by atoms with van der Waals surface area (Å²) >= 11 is 16.5. The van der Waals surface area contributed by atoms with Crippen LogP contribution in [0.25, 0.3) is 0 Å². The highest BCUT2D eigenvalue weighted by molar-refractivity contribution is 6.33. The summed E-state index contributed by atoms with van der Waals surface area (Å²) in [5.74, 6) is -2.84. The summed E-state index contributed by atoms with van der Waals surface area (Å²) in [5.41, 5.74) is 2.76. The minimum absolute atomic E-state index is 0. The van der Waals surface area contributed by atoms with Crippen molar-refractivity contribution in [1.29, 1.82) is 0 Å². The van der Waals surface area contributed by atoms with E-state index in [-0.39, 0.29) is 52.2 Å². The number of nitrogens with one attached hydrogen (secondary N) is 1. The maximum absolute atomic E-state index is 11.6. The van der Waals surface area contributed by atoms with E-state index in [1.807, 2.05) is 0 Å². The molecule has 0 unspecified atom stereocenters. The summed E-state index contributed by atoms with van der Waals surface area (Å²) in [5, 5.41) is 23.5. The van der Waals surface area contributed by atoms with Crippen molar-refractivity contribution in [2.24, 2.45) is 0 Å². The van der Waals surface area contributed by atoms with Gasteiger partial charge in [0, 0.05) is 16.9 Å². The molecule has 2 heterocycles. The fraction of sp³-hybridized carbons (Fsp3) is 0.318. The van der Waals surface area contributed by atoms with Crippen LogP contribution < -0.4 is 23.5 Å². The number of esters is 3. The first-order valence-corrected chi connectivity index (χ1v) is 12.3. The zero-order chi connectivity index (χ0) is 33.3. The molecule has 0 fully saturated rings. The number of quaternary nitrogens is 1. The number of ether oxygens (including phenoxy) is 3. The zero-order valence-corrected chi connectivity index (χ0v) is 26.0. The van der Waals surface area contributed by atoms with Crippen LogP contribution in [-0.4, -0.2) is 83.9 Å². The molecule has 242 valence electrons. The van der Waals surface area contributed by atoms with Crippen molar-refractivity contribution in [2.75, 3.05) is 26.6 Å². The van der Waals surface area contributed by atoms with Gasteiger partial charge in [-0.3, -0.25) is 29.4 Å². The van der Waals surface area contributed by atoms with Gasteiger partial charge in [-0.15, -0.1) is 0 Å². The van der Waals surface area contributed by atoms with E-state index in [2.05, 4.69) is 46.4 Å². The zero-order valence-electron chi connectivity index (χ0n) is 23.0. The summed E-state index contributed by atoms with van der Waals surface area (Å²) in [6.07, 6.45) is -0.481. The third kappa shape index (κ3) is 15.3. The molecule has 22 heteroatoms. The summed E-state index contributed by atoms with van der Waals surface area (Å²) in [6.45, 7) is 2.89. The number of aromatic nitrogens is 2. The van der Waals surface area contributed by atoms with Crippen molar-refractivity contribution >= 4 is 82.7 Å². The summed E-state index contributed by atoms with van der Waals surface area (Å²) in [4.78, 5) is 71.0. The smallest absolute Gasteiger partial charge is 0.585 e. The number of hydrogen-bond acceptors (Lipinski definition) is 14. The van der Waals surface area contributed by atoms with E-state index >= 15 is 0 Å². The number of nitrogens with zero attached hydrogens (tertiary/aromatic N) is 4. The predicted octanol–water partition coefficient (Wildman–Crippen LogP) is -1.49. The topological polar surface area (TPSA) is 259 Å². The van der Waals surface area contributed by atoms with Gasteiger partial charge in [0.15, 0.2) is 19.3 Å². The lowest BCUT2D eigenvalue weighted by molar-refractivity contribution is -0.420. The molecule has 0 aliphatic rings. The number of pyridine rings is 2. The Morgan fingerprint density at radius 2 is 1.41 bits per heavy atom. The molecule has 2 aromatic heterocycles. The molecule has 2 atom stereocenters. The van der Waals surface area contributed by atoms with Crippen LogP contribution in [0.4, 0.5) is 17.2 Å². The number of methoxy groups -OCH3 is 3. The maximum Gasteiger partial charge on any atom is 0.585 e. The Kier molecular flexibility index (Phi) is 20.4. The maximum atomic E-state index is 11.6. The van der Waals surface area contributed by atoms with Gasteiger partial charge in [0.2, 0.25) is 11.0 Å². The Morgan fingerprint density at radius 3 is 1.84 bits per heavy atom. The number of nitro groups is 2. The van der Waals surface area contributed by atoms with E-state index in [0.29, 0.717) is 0 Å². The van der Waals surface area contributed by atoms with Gasteiger partial charge in [0.25, 0.3) is 0 Å². The predicted molar refractivity (Wildman–Crippen MR) is 148 cm³/mol. The third-order valence-corrected chi connectivity index (χ3v) is 5.23. The first kappa shape index (κ1) is 41.9. The SMILES string of the molecule is C=[O+]C(=O)C[C@H]([NH3+])C(=O)OC.COC(=O)C[C@H](Nc1nc(Cl)ccc1[N+](=O)[O-])C(=O)OC.O=[N+]([O-])c1ccc(Cl)nc1Cl.[Cl-]. The van der Waals surface area contributed by atoms with Crippen LogP contribution in [0.15, 0.2) is 24.3 Å². The van der Waals surface area contributed by atoms with Gasteiger partial charge in [-0.2, -0.15) is 0 Å². The van der Waals surface area contributed by atoms with E-state index in [1.165, 1.54) is 25.3 Å². The van der Waals surface area contributed by atoms with E-state index in [4.69, 9.17) is 34.8 Å². The number of rotatable bonds is 10. The first-order chi connectivity index (χ1) is 20.1. The number of halogens is 4. The second-order valence-electron chi connectivity index (χ2n) is 7.40. The van der Waals surface area contributed by atoms with Gasteiger partial charge in [-0.1, -0.05) is 34.8 Å².